The van der Waals surface area contributed by atoms with Gasteiger partial charge < -0.3 is 9.30 Å². The highest BCUT2D eigenvalue weighted by atomic mass is 16.5. The molecule has 0 unspecified atom stereocenters. The molecule has 0 atom stereocenters. The second-order valence-electron chi connectivity index (χ2n) is 3.15. The fourth-order valence-corrected chi connectivity index (χ4v) is 1.30. The Kier molecular flexibility index (Phi) is 4.09. The Labute approximate surface area is 89.6 Å². The minimum Gasteiger partial charge on any atom is -0.463 e. The number of imidazole rings is 1. The highest BCUT2D eigenvalue weighted by Gasteiger charge is 2.09. The fourth-order valence-electron chi connectivity index (χ4n) is 1.30. The smallest absolute Gasteiger partial charge is 0.335 e. The van der Waals surface area contributed by atoms with Crippen LogP contribution in [0.5, 0.6) is 0 Å². The quantitative estimate of drug-likeness (QED) is 0.545. The Balaban J connectivity index is 2.62. The van der Waals surface area contributed by atoms with E-state index in [0.717, 1.165) is 12.2 Å². The topological polar surface area (TPSA) is 44.1 Å². The molecule has 0 aliphatic carbocycles. The Hall–Kier alpha value is -1.58. The van der Waals surface area contributed by atoms with Gasteiger partial charge in [0.15, 0.2) is 0 Å². The predicted molar refractivity (Wildman–Crippen MR) is 57.4 cm³/mol. The van der Waals surface area contributed by atoms with E-state index >= 15 is 0 Å². The number of carbonyl (C=O) groups excluding carboxylic acids is 1. The molecule has 15 heavy (non-hydrogen) atoms. The van der Waals surface area contributed by atoms with Crippen LogP contribution in [0.25, 0.3) is 0 Å². The van der Waals surface area contributed by atoms with Crippen LogP contribution in [0, 0.1) is 0 Å². The van der Waals surface area contributed by atoms with E-state index in [1.807, 2.05) is 17.7 Å². The number of aryl methyl sites for hydroxylation is 1. The van der Waals surface area contributed by atoms with E-state index in [0.29, 0.717) is 18.7 Å². The van der Waals surface area contributed by atoms with Crippen LogP contribution in [0.1, 0.15) is 19.7 Å². The molecule has 4 nitrogen and oxygen atoms in total. The summed E-state index contributed by atoms with van der Waals surface area (Å²) >= 11 is 0. The number of hydrogen-bond donors (Lipinski definition) is 0. The number of aromatic nitrogens is 2. The lowest BCUT2D eigenvalue weighted by atomic mass is 10.3. The first kappa shape index (κ1) is 11.5. The zero-order chi connectivity index (χ0) is 11.3. The van der Waals surface area contributed by atoms with Crippen LogP contribution in [-0.2, 0) is 22.5 Å². The van der Waals surface area contributed by atoms with Crippen molar-refractivity contribution in [1.82, 2.24) is 9.55 Å². The number of ether oxygens (including phenoxy) is 1. The average Bonchev–Trinajstić information content (AvgIpc) is 2.65. The third-order valence-electron chi connectivity index (χ3n) is 2.04. The average molecular weight is 208 g/mol. The minimum absolute atomic E-state index is 0.340. The summed E-state index contributed by atoms with van der Waals surface area (Å²) in [7, 11) is 0. The van der Waals surface area contributed by atoms with E-state index < -0.39 is 0 Å². The third-order valence-corrected chi connectivity index (χ3v) is 2.04. The molecule has 0 aliphatic heterocycles. The second-order valence-corrected chi connectivity index (χ2v) is 3.15. The van der Waals surface area contributed by atoms with Crippen molar-refractivity contribution in [3.05, 3.63) is 30.4 Å². The molecule has 0 saturated carbocycles. The van der Waals surface area contributed by atoms with Crippen LogP contribution >= 0.6 is 0 Å². The Morgan fingerprint density at radius 1 is 1.60 bits per heavy atom. The maximum absolute atomic E-state index is 11.3. The van der Waals surface area contributed by atoms with Crippen molar-refractivity contribution >= 4 is 5.97 Å². The normalized spacial score (nSPS) is 10.0. The lowest BCUT2D eigenvalue weighted by Crippen LogP contribution is -2.13. The standard InChI is InChI=1S/C11H16N2O2/c1-4-10-12-6-7-13(10)8-9(3)11(14)15-5-2/h6-7H,3-5,8H2,1-2H3. The molecule has 0 spiro atoms. The molecule has 0 radical (unpaired) electrons. The van der Waals surface area contributed by atoms with Crippen molar-refractivity contribution in [3.63, 3.8) is 0 Å². The number of carbonyl (C=O) groups is 1. The summed E-state index contributed by atoms with van der Waals surface area (Å²) in [4.78, 5) is 15.5. The maximum atomic E-state index is 11.3. The molecule has 0 amide bonds. The van der Waals surface area contributed by atoms with Crippen LogP contribution in [0.2, 0.25) is 0 Å². The van der Waals surface area contributed by atoms with Crippen LogP contribution in [0.4, 0.5) is 0 Å². The molecule has 0 N–H and O–H groups in total. The molecule has 0 bridgehead atoms. The first-order chi connectivity index (χ1) is 7.19. The lowest BCUT2D eigenvalue weighted by molar-refractivity contribution is -0.138. The molecule has 0 saturated heterocycles. The van der Waals surface area contributed by atoms with Gasteiger partial charge >= 0.3 is 5.97 Å². The van der Waals surface area contributed by atoms with Crippen LogP contribution in [0.15, 0.2) is 24.5 Å². The van der Waals surface area contributed by atoms with E-state index in [1.165, 1.54) is 0 Å². The molecular formula is C11H16N2O2. The Bertz CT molecular complexity index is 355. The molecule has 1 rings (SSSR count). The molecule has 4 heteroatoms. The summed E-state index contributed by atoms with van der Waals surface area (Å²) in [6.45, 7) is 8.32. The zero-order valence-corrected chi connectivity index (χ0v) is 9.19. The zero-order valence-electron chi connectivity index (χ0n) is 9.19. The number of hydrogen-bond acceptors (Lipinski definition) is 3. The second kappa shape index (κ2) is 5.34. The molecule has 1 heterocycles. The van der Waals surface area contributed by atoms with E-state index in [2.05, 4.69) is 11.6 Å². The van der Waals surface area contributed by atoms with Gasteiger partial charge in [0.05, 0.1) is 13.2 Å². The number of esters is 1. The molecule has 82 valence electrons. The van der Waals surface area contributed by atoms with E-state index in [4.69, 9.17) is 4.74 Å². The van der Waals surface area contributed by atoms with Crippen molar-refractivity contribution < 1.29 is 9.53 Å². The number of rotatable bonds is 5. The largest absolute Gasteiger partial charge is 0.463 e. The van der Waals surface area contributed by atoms with Gasteiger partial charge in [-0.05, 0) is 6.92 Å². The number of nitrogens with zero attached hydrogens (tertiary/aromatic N) is 2. The first-order valence-electron chi connectivity index (χ1n) is 5.03. The van der Waals surface area contributed by atoms with E-state index in [9.17, 15) is 4.79 Å². The summed E-state index contributed by atoms with van der Waals surface area (Å²) in [6.07, 6.45) is 4.39. The van der Waals surface area contributed by atoms with Gasteiger partial charge in [-0.3, -0.25) is 0 Å². The monoisotopic (exact) mass is 208 g/mol. The summed E-state index contributed by atoms with van der Waals surface area (Å²) in [5.41, 5.74) is 0.449. The molecular weight excluding hydrogens is 192 g/mol. The van der Waals surface area contributed by atoms with Gasteiger partial charge in [0, 0.05) is 24.4 Å². The summed E-state index contributed by atoms with van der Waals surface area (Å²) in [5, 5.41) is 0. The van der Waals surface area contributed by atoms with Crippen molar-refractivity contribution in [2.24, 2.45) is 0 Å². The van der Waals surface area contributed by atoms with Gasteiger partial charge in [-0.2, -0.15) is 0 Å². The molecule has 1 aromatic rings. The summed E-state index contributed by atoms with van der Waals surface area (Å²) < 4.78 is 6.76. The van der Waals surface area contributed by atoms with Gasteiger partial charge in [-0.15, -0.1) is 0 Å². The van der Waals surface area contributed by atoms with Crippen molar-refractivity contribution in [3.8, 4) is 0 Å². The lowest BCUT2D eigenvalue weighted by Gasteiger charge is -2.08. The van der Waals surface area contributed by atoms with Crippen molar-refractivity contribution in [1.29, 1.82) is 0 Å². The van der Waals surface area contributed by atoms with Crippen LogP contribution in [-0.4, -0.2) is 22.1 Å². The fraction of sp³-hybridized carbons (Fsp3) is 0.455. The first-order valence-corrected chi connectivity index (χ1v) is 5.03. The molecule has 1 aromatic heterocycles. The highest BCUT2D eigenvalue weighted by Crippen LogP contribution is 2.04. The van der Waals surface area contributed by atoms with Crippen molar-refractivity contribution in [2.45, 2.75) is 26.8 Å². The van der Waals surface area contributed by atoms with Gasteiger partial charge in [0.1, 0.15) is 5.82 Å². The summed E-state index contributed by atoms with van der Waals surface area (Å²) in [6, 6.07) is 0. The molecule has 0 aliphatic rings. The summed E-state index contributed by atoms with van der Waals surface area (Å²) in [5.74, 6) is 0.605. The van der Waals surface area contributed by atoms with Gasteiger partial charge in [0.25, 0.3) is 0 Å². The SMILES string of the molecule is C=C(Cn1ccnc1CC)C(=O)OCC. The molecule has 0 aromatic carbocycles. The van der Waals surface area contributed by atoms with Gasteiger partial charge in [-0.25, -0.2) is 9.78 Å². The van der Waals surface area contributed by atoms with Gasteiger partial charge in [-0.1, -0.05) is 13.5 Å². The Morgan fingerprint density at radius 3 is 2.93 bits per heavy atom. The van der Waals surface area contributed by atoms with E-state index in [1.54, 1.807) is 13.1 Å². The van der Waals surface area contributed by atoms with Crippen LogP contribution in [0.3, 0.4) is 0 Å². The van der Waals surface area contributed by atoms with Gasteiger partial charge in [0.2, 0.25) is 0 Å². The maximum Gasteiger partial charge on any atom is 0.335 e. The Morgan fingerprint density at radius 2 is 2.33 bits per heavy atom. The molecule has 0 fully saturated rings. The highest BCUT2D eigenvalue weighted by molar-refractivity contribution is 5.87. The predicted octanol–water partition coefficient (Wildman–Crippen LogP) is 1.56. The van der Waals surface area contributed by atoms with E-state index in [-0.39, 0.29) is 5.97 Å². The minimum atomic E-state index is -0.340. The third kappa shape index (κ3) is 2.94. The van der Waals surface area contributed by atoms with Crippen molar-refractivity contribution in [2.75, 3.05) is 6.61 Å². The van der Waals surface area contributed by atoms with Crippen LogP contribution < -0.4 is 0 Å².